The Morgan fingerprint density at radius 2 is 1.69 bits per heavy atom. The van der Waals surface area contributed by atoms with Crippen molar-refractivity contribution in [2.24, 2.45) is 0 Å². The van der Waals surface area contributed by atoms with Gasteiger partial charge in [0, 0.05) is 0 Å². The van der Waals surface area contributed by atoms with Crippen molar-refractivity contribution in [3.8, 4) is 0 Å². The normalized spacial score (nSPS) is 12.5. The Balaban J connectivity index is 3.29. The fourth-order valence-corrected chi connectivity index (χ4v) is 1.92. The molecule has 1 unspecified atom stereocenters. The van der Waals surface area contributed by atoms with Crippen LogP contribution in [0.4, 0.5) is 0 Å². The second kappa shape index (κ2) is 5.16. The summed E-state index contributed by atoms with van der Waals surface area (Å²) in [5.74, 6) is -2.17. The molecule has 86 valence electrons. The fourth-order valence-electron chi connectivity index (χ4n) is 1.67. The standard InChI is InChI=1S/C12H14O3S/c1-7(2)8-5-3-4-6-9(8)10(11(13)14)12(15)16/h3-7,10H,1-2H3,(H,13,14)(H,15,16). The molecule has 4 heteroatoms. The van der Waals surface area contributed by atoms with Gasteiger partial charge in [0.1, 0.15) is 0 Å². The lowest BCUT2D eigenvalue weighted by atomic mass is 9.89. The van der Waals surface area contributed by atoms with Gasteiger partial charge in [-0.3, -0.25) is 9.59 Å². The maximum Gasteiger partial charge on any atom is 0.319 e. The molecule has 0 bridgehead atoms. The highest BCUT2D eigenvalue weighted by molar-refractivity contribution is 7.96. The van der Waals surface area contributed by atoms with Crippen LogP contribution in [0.5, 0.6) is 0 Å². The molecule has 1 aromatic rings. The van der Waals surface area contributed by atoms with Crippen molar-refractivity contribution in [2.45, 2.75) is 25.7 Å². The van der Waals surface area contributed by atoms with Crippen LogP contribution in [0.1, 0.15) is 36.8 Å². The molecule has 1 rings (SSSR count). The van der Waals surface area contributed by atoms with Crippen molar-refractivity contribution < 1.29 is 14.7 Å². The van der Waals surface area contributed by atoms with Gasteiger partial charge in [-0.25, -0.2) is 0 Å². The van der Waals surface area contributed by atoms with Gasteiger partial charge in [0.15, 0.2) is 5.92 Å². The zero-order chi connectivity index (χ0) is 12.3. The molecular weight excluding hydrogens is 224 g/mol. The number of carbonyl (C=O) groups is 2. The minimum Gasteiger partial charge on any atom is -0.480 e. The van der Waals surface area contributed by atoms with Crippen molar-refractivity contribution in [3.05, 3.63) is 35.4 Å². The van der Waals surface area contributed by atoms with Gasteiger partial charge in [0.05, 0.1) is 0 Å². The number of carbonyl (C=O) groups excluding carboxylic acids is 1. The summed E-state index contributed by atoms with van der Waals surface area (Å²) in [7, 11) is 0. The van der Waals surface area contributed by atoms with E-state index in [-0.39, 0.29) is 5.92 Å². The lowest BCUT2D eigenvalue weighted by Gasteiger charge is -2.16. The van der Waals surface area contributed by atoms with E-state index < -0.39 is 17.0 Å². The van der Waals surface area contributed by atoms with Gasteiger partial charge in [-0.15, -0.1) is 12.6 Å². The molecule has 1 N–H and O–H groups in total. The molecule has 0 saturated carbocycles. The first-order valence-electron chi connectivity index (χ1n) is 4.99. The Hall–Kier alpha value is -1.29. The topological polar surface area (TPSA) is 54.4 Å². The van der Waals surface area contributed by atoms with Crippen LogP contribution in [0, 0.1) is 0 Å². The van der Waals surface area contributed by atoms with Crippen molar-refractivity contribution >= 4 is 23.7 Å². The van der Waals surface area contributed by atoms with Crippen molar-refractivity contribution in [1.29, 1.82) is 0 Å². The molecule has 0 spiro atoms. The van der Waals surface area contributed by atoms with E-state index >= 15 is 0 Å². The lowest BCUT2D eigenvalue weighted by molar-refractivity contribution is -0.140. The van der Waals surface area contributed by atoms with Gasteiger partial charge in [0.2, 0.25) is 5.12 Å². The zero-order valence-electron chi connectivity index (χ0n) is 9.18. The molecule has 1 aromatic carbocycles. The number of hydrogen-bond acceptors (Lipinski definition) is 2. The van der Waals surface area contributed by atoms with Crippen LogP contribution in [0.3, 0.4) is 0 Å². The first-order chi connectivity index (χ1) is 7.45. The quantitative estimate of drug-likeness (QED) is 0.625. The van der Waals surface area contributed by atoms with E-state index in [9.17, 15) is 9.59 Å². The van der Waals surface area contributed by atoms with Crippen LogP contribution in [0.2, 0.25) is 0 Å². The minimum absolute atomic E-state index is 0.172. The largest absolute Gasteiger partial charge is 0.480 e. The Bertz CT molecular complexity index is 398. The number of carboxylic acid groups (broad SMARTS) is 1. The number of thiol groups is 1. The van der Waals surface area contributed by atoms with Gasteiger partial charge in [-0.05, 0) is 17.0 Å². The molecule has 0 heterocycles. The maximum atomic E-state index is 11.2. The molecule has 1 atom stereocenters. The molecule has 0 fully saturated rings. The summed E-state index contributed by atoms with van der Waals surface area (Å²) in [5, 5.41) is 8.40. The lowest BCUT2D eigenvalue weighted by Crippen LogP contribution is -2.19. The molecule has 3 nitrogen and oxygen atoms in total. The Labute approximate surface area is 99.9 Å². The number of carboxylic acids is 1. The summed E-state index contributed by atoms with van der Waals surface area (Å²) >= 11 is 3.64. The highest BCUT2D eigenvalue weighted by atomic mass is 32.1. The molecular formula is C12H14O3S. The second-order valence-corrected chi connectivity index (χ2v) is 4.33. The third-order valence-electron chi connectivity index (χ3n) is 2.42. The van der Waals surface area contributed by atoms with Crippen molar-refractivity contribution in [3.63, 3.8) is 0 Å². The van der Waals surface area contributed by atoms with Crippen LogP contribution in [0.15, 0.2) is 24.3 Å². The maximum absolute atomic E-state index is 11.2. The Morgan fingerprint density at radius 3 is 2.06 bits per heavy atom. The van der Waals surface area contributed by atoms with Crippen molar-refractivity contribution in [2.75, 3.05) is 0 Å². The predicted molar refractivity (Wildman–Crippen MR) is 64.9 cm³/mol. The third-order valence-corrected chi connectivity index (χ3v) is 2.68. The van der Waals surface area contributed by atoms with Gasteiger partial charge in [-0.1, -0.05) is 38.1 Å². The molecule has 0 aromatic heterocycles. The summed E-state index contributed by atoms with van der Waals surface area (Å²) in [4.78, 5) is 22.3. The smallest absolute Gasteiger partial charge is 0.319 e. The monoisotopic (exact) mass is 238 g/mol. The van der Waals surface area contributed by atoms with E-state index in [0.717, 1.165) is 5.56 Å². The summed E-state index contributed by atoms with van der Waals surface area (Å²) < 4.78 is 0. The van der Waals surface area contributed by atoms with Crippen LogP contribution in [0.25, 0.3) is 0 Å². The first-order valence-corrected chi connectivity index (χ1v) is 5.44. The van der Waals surface area contributed by atoms with Crippen LogP contribution in [-0.4, -0.2) is 16.2 Å². The van der Waals surface area contributed by atoms with Crippen LogP contribution in [-0.2, 0) is 9.59 Å². The van der Waals surface area contributed by atoms with E-state index in [0.29, 0.717) is 5.56 Å². The Morgan fingerprint density at radius 1 is 1.19 bits per heavy atom. The predicted octanol–water partition coefficient (Wildman–Crippen LogP) is 2.43. The van der Waals surface area contributed by atoms with E-state index in [1.807, 2.05) is 26.0 Å². The average Bonchev–Trinajstić information content (AvgIpc) is 2.17. The number of rotatable bonds is 4. The summed E-state index contributed by atoms with van der Waals surface area (Å²) in [6.45, 7) is 3.92. The highest BCUT2D eigenvalue weighted by Crippen LogP contribution is 2.27. The van der Waals surface area contributed by atoms with Gasteiger partial charge >= 0.3 is 5.97 Å². The number of aliphatic carboxylic acids is 1. The molecule has 0 radical (unpaired) electrons. The average molecular weight is 238 g/mol. The number of hydrogen-bond donors (Lipinski definition) is 2. The van der Waals surface area contributed by atoms with E-state index in [1.54, 1.807) is 12.1 Å². The van der Waals surface area contributed by atoms with Gasteiger partial charge in [-0.2, -0.15) is 0 Å². The Kier molecular flexibility index (Phi) is 4.12. The first kappa shape index (κ1) is 12.8. The SMILES string of the molecule is CC(C)c1ccccc1C(C(=O)O)C(=O)S. The van der Waals surface area contributed by atoms with E-state index in [2.05, 4.69) is 12.6 Å². The third kappa shape index (κ3) is 2.64. The second-order valence-electron chi connectivity index (χ2n) is 3.89. The fraction of sp³-hybridized carbons (Fsp3) is 0.333. The van der Waals surface area contributed by atoms with E-state index in [1.165, 1.54) is 0 Å². The van der Waals surface area contributed by atoms with Gasteiger partial charge < -0.3 is 5.11 Å². The molecule has 0 aliphatic rings. The molecule has 0 aliphatic carbocycles. The zero-order valence-corrected chi connectivity index (χ0v) is 10.1. The molecule has 16 heavy (non-hydrogen) atoms. The van der Waals surface area contributed by atoms with Crippen LogP contribution >= 0.6 is 12.6 Å². The van der Waals surface area contributed by atoms with Crippen molar-refractivity contribution in [1.82, 2.24) is 0 Å². The summed E-state index contributed by atoms with van der Waals surface area (Å²) in [5.41, 5.74) is 1.40. The number of benzene rings is 1. The molecule has 0 amide bonds. The highest BCUT2D eigenvalue weighted by Gasteiger charge is 2.28. The minimum atomic E-state index is -1.18. The van der Waals surface area contributed by atoms with E-state index in [4.69, 9.17) is 5.11 Å². The molecule has 0 aliphatic heterocycles. The molecule has 0 saturated heterocycles. The van der Waals surface area contributed by atoms with Gasteiger partial charge in [0.25, 0.3) is 0 Å². The van der Waals surface area contributed by atoms with Crippen LogP contribution < -0.4 is 0 Å². The summed E-state index contributed by atoms with van der Waals surface area (Å²) in [6, 6.07) is 7.07. The summed E-state index contributed by atoms with van der Waals surface area (Å²) in [6.07, 6.45) is 0.